The topological polar surface area (TPSA) is 26.0 Å². The second-order valence-corrected chi connectivity index (χ2v) is 5.31. The third kappa shape index (κ3) is 8.76. The van der Waals surface area contributed by atoms with Crippen LogP contribution in [0.5, 0.6) is 0 Å². The first-order valence-corrected chi connectivity index (χ1v) is 8.02. The Morgan fingerprint density at radius 2 is 1.60 bits per heavy atom. The van der Waals surface area contributed by atoms with Crippen molar-refractivity contribution < 1.29 is 0 Å². The summed E-state index contributed by atoms with van der Waals surface area (Å²) in [6, 6.07) is 0. The van der Waals surface area contributed by atoms with Gasteiger partial charge >= 0.3 is 75.3 Å². The molecule has 0 aliphatic carbocycles. The molecule has 0 unspecified atom stereocenters. The number of hydrogen-bond donors (Lipinski definition) is 1. The summed E-state index contributed by atoms with van der Waals surface area (Å²) in [6.07, 6.45) is 8.49. The van der Waals surface area contributed by atoms with Crippen LogP contribution in [0.3, 0.4) is 0 Å². The van der Waals surface area contributed by atoms with E-state index in [4.69, 9.17) is 3.96 Å². The van der Waals surface area contributed by atoms with Crippen molar-refractivity contribution in [2.75, 3.05) is 0 Å². The van der Waals surface area contributed by atoms with Gasteiger partial charge in [-0.3, -0.25) is 0 Å². The molecule has 0 atom stereocenters. The van der Waals surface area contributed by atoms with E-state index < -0.39 is 0 Å². The van der Waals surface area contributed by atoms with Gasteiger partial charge in [0.25, 0.3) is 0 Å². The van der Waals surface area contributed by atoms with Gasteiger partial charge in [0.1, 0.15) is 0 Å². The summed E-state index contributed by atoms with van der Waals surface area (Å²) >= 11 is -0.348. The van der Waals surface area contributed by atoms with Crippen molar-refractivity contribution in [3.8, 4) is 0 Å². The molecule has 10 heavy (non-hydrogen) atoms. The minimum absolute atomic E-state index is 0.348. The van der Waals surface area contributed by atoms with E-state index >= 15 is 0 Å². The molecule has 60 valence electrons. The second kappa shape index (κ2) is 9.76. The van der Waals surface area contributed by atoms with Gasteiger partial charge in [0.05, 0.1) is 0 Å². The van der Waals surface area contributed by atoms with Gasteiger partial charge in [0.2, 0.25) is 0 Å². The molecule has 0 aromatic rings. The van der Waals surface area contributed by atoms with Gasteiger partial charge in [-0.2, -0.15) is 0 Å². The first-order chi connectivity index (χ1) is 4.91. The average Bonchev–Trinajstić information content (AvgIpc) is 1.97. The van der Waals surface area contributed by atoms with E-state index in [-0.39, 0.29) is 21.4 Å². The summed E-state index contributed by atoms with van der Waals surface area (Å²) in [7, 11) is 0. The van der Waals surface area contributed by atoms with E-state index in [1.165, 1.54) is 43.0 Å². The summed E-state index contributed by atoms with van der Waals surface area (Å²) in [5, 5.41) is 0. The molecular weight excluding hydrogens is 229 g/mol. The second-order valence-electron chi connectivity index (χ2n) is 2.72. The molecule has 0 amide bonds. The first kappa shape index (κ1) is 10.8. The standard InChI is InChI=1S/C8H17.H2N.Sn/c1-3-5-7-8-6-4-2;;/h1,3-8H2,2H3;1H2;/q;-1;+1. The minimum atomic E-state index is -0.348. The number of rotatable bonds is 7. The molecule has 1 nitrogen and oxygen atoms in total. The van der Waals surface area contributed by atoms with Gasteiger partial charge in [-0.25, -0.2) is 0 Å². The molecule has 0 saturated heterocycles. The van der Waals surface area contributed by atoms with Crippen LogP contribution in [-0.4, -0.2) is 21.4 Å². The monoisotopic (exact) mass is 249 g/mol. The van der Waals surface area contributed by atoms with Gasteiger partial charge < -0.3 is 0 Å². The molecule has 2 N–H and O–H groups in total. The summed E-state index contributed by atoms with van der Waals surface area (Å²) in [5.41, 5.74) is 0. The Morgan fingerprint density at radius 3 is 2.20 bits per heavy atom. The maximum atomic E-state index is 5.54. The van der Waals surface area contributed by atoms with E-state index in [0.717, 1.165) is 0 Å². The third-order valence-electron chi connectivity index (χ3n) is 1.67. The molecule has 0 rings (SSSR count). The van der Waals surface area contributed by atoms with Crippen LogP contribution >= 0.6 is 0 Å². The Labute approximate surface area is 75.3 Å². The summed E-state index contributed by atoms with van der Waals surface area (Å²) < 4.78 is 6.92. The van der Waals surface area contributed by atoms with Crippen molar-refractivity contribution in [2.45, 2.75) is 49.9 Å². The van der Waals surface area contributed by atoms with Gasteiger partial charge in [0.15, 0.2) is 0 Å². The van der Waals surface area contributed by atoms with Gasteiger partial charge in [-0.05, 0) is 0 Å². The molecule has 0 bridgehead atoms. The number of unbranched alkanes of at least 4 members (excludes halogenated alkanes) is 5. The van der Waals surface area contributed by atoms with Crippen molar-refractivity contribution in [3.05, 3.63) is 0 Å². The third-order valence-corrected chi connectivity index (χ3v) is 3.51. The average molecular weight is 248 g/mol. The summed E-state index contributed by atoms with van der Waals surface area (Å²) in [4.78, 5) is 0. The quantitative estimate of drug-likeness (QED) is 0.543. The van der Waals surface area contributed by atoms with Gasteiger partial charge in [-0.15, -0.1) is 0 Å². The molecule has 0 aliphatic rings. The van der Waals surface area contributed by atoms with E-state index in [2.05, 4.69) is 6.92 Å². The van der Waals surface area contributed by atoms with Crippen LogP contribution in [0.1, 0.15) is 45.4 Å². The van der Waals surface area contributed by atoms with Crippen LogP contribution in [0.25, 0.3) is 0 Å². The van der Waals surface area contributed by atoms with Crippen molar-refractivity contribution >= 4 is 21.4 Å². The summed E-state index contributed by atoms with van der Waals surface area (Å²) in [6.45, 7) is 2.26. The van der Waals surface area contributed by atoms with E-state index in [1.54, 1.807) is 0 Å². The zero-order valence-corrected chi connectivity index (χ0v) is 9.88. The van der Waals surface area contributed by atoms with E-state index in [1.807, 2.05) is 0 Å². The van der Waals surface area contributed by atoms with Crippen LogP contribution in [0.4, 0.5) is 0 Å². The zero-order chi connectivity index (χ0) is 7.66. The van der Waals surface area contributed by atoms with Crippen LogP contribution in [-0.2, 0) is 0 Å². The fraction of sp³-hybridized carbons (Fsp3) is 1.00. The van der Waals surface area contributed by atoms with Crippen molar-refractivity contribution in [1.29, 1.82) is 0 Å². The molecule has 2 heteroatoms. The molecular formula is C8H19NSn. The Bertz CT molecular complexity index is 49.2. The Morgan fingerprint density at radius 1 is 1.00 bits per heavy atom. The van der Waals surface area contributed by atoms with Crippen molar-refractivity contribution in [3.63, 3.8) is 0 Å². The van der Waals surface area contributed by atoms with Gasteiger partial charge in [0, 0.05) is 0 Å². The maximum absolute atomic E-state index is 5.54. The van der Waals surface area contributed by atoms with Crippen LogP contribution in [0.2, 0.25) is 4.44 Å². The SMILES string of the molecule is CCCCCCC[CH2][Sn][NH2]. The van der Waals surface area contributed by atoms with Crippen molar-refractivity contribution in [1.82, 2.24) is 0 Å². The molecule has 0 aliphatic heterocycles. The molecule has 0 aromatic carbocycles. The fourth-order valence-corrected chi connectivity index (χ4v) is 2.30. The number of nitrogens with two attached hydrogens (primary N) is 1. The van der Waals surface area contributed by atoms with Crippen LogP contribution < -0.4 is 3.96 Å². The molecule has 0 aromatic heterocycles. The fourth-order valence-electron chi connectivity index (χ4n) is 1.01. The summed E-state index contributed by atoms with van der Waals surface area (Å²) in [5.74, 6) is 0. The Balaban J connectivity index is 2.65. The first-order valence-electron chi connectivity index (χ1n) is 4.35. The Kier molecular flexibility index (Phi) is 10.5. The normalized spacial score (nSPS) is 10.2. The van der Waals surface area contributed by atoms with Crippen molar-refractivity contribution in [2.24, 2.45) is 3.96 Å². The molecule has 0 spiro atoms. The predicted molar refractivity (Wildman–Crippen MR) is 48.1 cm³/mol. The zero-order valence-electron chi connectivity index (χ0n) is 7.03. The molecule has 0 fully saturated rings. The van der Waals surface area contributed by atoms with E-state index in [0.29, 0.717) is 0 Å². The molecule has 2 radical (unpaired) electrons. The predicted octanol–water partition coefficient (Wildman–Crippen LogP) is 2.34. The van der Waals surface area contributed by atoms with Crippen LogP contribution in [0.15, 0.2) is 0 Å². The molecule has 0 heterocycles. The van der Waals surface area contributed by atoms with Gasteiger partial charge in [-0.1, -0.05) is 0 Å². The number of hydrogen-bond acceptors (Lipinski definition) is 1. The Hall–Kier alpha value is 0.759. The molecule has 0 saturated carbocycles. The van der Waals surface area contributed by atoms with E-state index in [9.17, 15) is 0 Å². The van der Waals surface area contributed by atoms with Crippen LogP contribution in [0, 0.1) is 0 Å².